The largest absolute Gasteiger partial charge is 0.390 e. The van der Waals surface area contributed by atoms with Crippen LogP contribution in [0.4, 0.5) is 0 Å². The van der Waals surface area contributed by atoms with Crippen LogP contribution in [0.1, 0.15) is 25.0 Å². The molecule has 1 N–H and O–H groups in total. The zero-order chi connectivity index (χ0) is 12.8. The fourth-order valence-electron chi connectivity index (χ4n) is 1.69. The molecule has 0 spiro atoms. The first-order valence-corrected chi connectivity index (χ1v) is 5.92. The van der Waals surface area contributed by atoms with E-state index in [1.165, 1.54) is 0 Å². The second kappa shape index (κ2) is 6.52. The zero-order valence-corrected chi connectivity index (χ0v) is 10.6. The Labute approximate surface area is 102 Å². The van der Waals surface area contributed by atoms with E-state index in [0.717, 1.165) is 11.1 Å². The number of hydrogen-bond donors (Lipinski definition) is 1. The van der Waals surface area contributed by atoms with Gasteiger partial charge in [-0.25, -0.2) is 0 Å². The van der Waals surface area contributed by atoms with Crippen molar-refractivity contribution in [3.63, 3.8) is 0 Å². The number of aliphatic hydroxyl groups excluding tert-OH is 1. The highest BCUT2D eigenvalue weighted by molar-refractivity contribution is 5.85. The number of carbonyl (C=O) groups is 1. The number of aliphatic hydroxyl groups is 1. The van der Waals surface area contributed by atoms with Gasteiger partial charge in [0.25, 0.3) is 0 Å². The highest BCUT2D eigenvalue weighted by Gasteiger charge is 2.23. The summed E-state index contributed by atoms with van der Waals surface area (Å²) < 4.78 is 5.26. The number of Topliss-reactive ketones (excluding diaryl/α,β-unsaturated/α-hetero) is 1. The summed E-state index contributed by atoms with van der Waals surface area (Å²) in [5.41, 5.74) is 2.11. The van der Waals surface area contributed by atoms with E-state index in [0.29, 0.717) is 13.0 Å². The van der Waals surface area contributed by atoms with Gasteiger partial charge in [-0.05, 0) is 26.3 Å². The lowest BCUT2D eigenvalue weighted by Gasteiger charge is -2.18. The van der Waals surface area contributed by atoms with Crippen LogP contribution in [0.2, 0.25) is 0 Å². The van der Waals surface area contributed by atoms with Crippen LogP contribution in [-0.2, 0) is 16.0 Å². The molecule has 3 nitrogen and oxygen atoms in total. The van der Waals surface area contributed by atoms with Gasteiger partial charge in [0, 0.05) is 13.0 Å². The van der Waals surface area contributed by atoms with Crippen LogP contribution < -0.4 is 0 Å². The van der Waals surface area contributed by atoms with Crippen molar-refractivity contribution in [3.8, 4) is 0 Å². The highest BCUT2D eigenvalue weighted by atomic mass is 16.5. The second-order valence-electron chi connectivity index (χ2n) is 4.25. The first-order valence-electron chi connectivity index (χ1n) is 5.92. The summed E-state index contributed by atoms with van der Waals surface area (Å²) in [6, 6.07) is 7.80. The van der Waals surface area contributed by atoms with Crippen molar-refractivity contribution in [2.24, 2.45) is 0 Å². The van der Waals surface area contributed by atoms with Gasteiger partial charge in [0.15, 0.2) is 5.78 Å². The van der Waals surface area contributed by atoms with Crippen molar-refractivity contribution >= 4 is 5.78 Å². The molecule has 1 rings (SSSR count). The standard InChI is InChI=1S/C14H20O3/c1-4-17-14(11(3)15)13(16)9-12-7-5-10(2)6-8-12/h5-8,11,14-15H,4,9H2,1-3H3. The van der Waals surface area contributed by atoms with Crippen molar-refractivity contribution in [1.82, 2.24) is 0 Å². The third kappa shape index (κ3) is 4.29. The fraction of sp³-hybridized carbons (Fsp3) is 0.500. The smallest absolute Gasteiger partial charge is 0.168 e. The molecule has 0 aromatic heterocycles. The minimum absolute atomic E-state index is 0.0781. The van der Waals surface area contributed by atoms with E-state index < -0.39 is 12.2 Å². The van der Waals surface area contributed by atoms with Gasteiger partial charge in [-0.1, -0.05) is 29.8 Å². The third-order valence-electron chi connectivity index (χ3n) is 2.60. The van der Waals surface area contributed by atoms with E-state index in [2.05, 4.69) is 0 Å². The summed E-state index contributed by atoms with van der Waals surface area (Å²) in [6.45, 7) is 5.82. The first kappa shape index (κ1) is 13.9. The minimum Gasteiger partial charge on any atom is -0.390 e. The highest BCUT2D eigenvalue weighted by Crippen LogP contribution is 2.09. The molecule has 2 atom stereocenters. The van der Waals surface area contributed by atoms with Crippen LogP contribution in [0.5, 0.6) is 0 Å². The first-order chi connectivity index (χ1) is 8.04. The number of ketones is 1. The van der Waals surface area contributed by atoms with Crippen LogP contribution >= 0.6 is 0 Å². The van der Waals surface area contributed by atoms with Crippen molar-refractivity contribution < 1.29 is 14.6 Å². The molecule has 17 heavy (non-hydrogen) atoms. The number of benzene rings is 1. The molecule has 0 saturated heterocycles. The van der Waals surface area contributed by atoms with E-state index in [4.69, 9.17) is 4.74 Å². The molecular weight excluding hydrogens is 216 g/mol. The Kier molecular flexibility index (Phi) is 5.32. The topological polar surface area (TPSA) is 46.5 Å². The van der Waals surface area contributed by atoms with E-state index in [1.54, 1.807) is 6.92 Å². The minimum atomic E-state index is -0.770. The molecule has 1 aromatic carbocycles. The molecule has 0 aliphatic rings. The Morgan fingerprint density at radius 1 is 1.35 bits per heavy atom. The predicted octanol–water partition coefficient (Wildman–Crippen LogP) is 1.89. The molecule has 0 fully saturated rings. The van der Waals surface area contributed by atoms with Gasteiger partial charge in [-0.15, -0.1) is 0 Å². The van der Waals surface area contributed by atoms with Crippen molar-refractivity contribution in [1.29, 1.82) is 0 Å². The summed E-state index contributed by atoms with van der Waals surface area (Å²) >= 11 is 0. The molecule has 2 unspecified atom stereocenters. The van der Waals surface area contributed by atoms with Gasteiger partial charge in [-0.3, -0.25) is 4.79 Å². The lowest BCUT2D eigenvalue weighted by Crippen LogP contribution is -2.35. The van der Waals surface area contributed by atoms with Gasteiger partial charge in [-0.2, -0.15) is 0 Å². The SMILES string of the molecule is CCOC(C(=O)Cc1ccc(C)cc1)C(C)O. The second-order valence-corrected chi connectivity index (χ2v) is 4.25. The number of ether oxygens (including phenoxy) is 1. The quantitative estimate of drug-likeness (QED) is 0.820. The molecule has 1 aromatic rings. The molecule has 0 amide bonds. The Balaban J connectivity index is 2.66. The number of carbonyl (C=O) groups excluding carboxylic acids is 1. The van der Waals surface area contributed by atoms with E-state index in [1.807, 2.05) is 38.1 Å². The monoisotopic (exact) mass is 236 g/mol. The maximum atomic E-state index is 11.9. The summed E-state index contributed by atoms with van der Waals surface area (Å²) in [5.74, 6) is -0.0781. The van der Waals surface area contributed by atoms with E-state index >= 15 is 0 Å². The van der Waals surface area contributed by atoms with Gasteiger partial charge < -0.3 is 9.84 Å². The van der Waals surface area contributed by atoms with Crippen LogP contribution in [0.25, 0.3) is 0 Å². The molecule has 0 radical (unpaired) electrons. The van der Waals surface area contributed by atoms with Crippen molar-refractivity contribution in [2.45, 2.75) is 39.4 Å². The maximum Gasteiger partial charge on any atom is 0.168 e. The number of aryl methyl sites for hydroxylation is 1. The number of rotatable bonds is 6. The molecule has 0 aliphatic heterocycles. The molecular formula is C14H20O3. The summed E-state index contributed by atoms with van der Waals surface area (Å²) in [7, 11) is 0. The molecule has 0 saturated carbocycles. The summed E-state index contributed by atoms with van der Waals surface area (Å²) in [6.07, 6.45) is -1.19. The van der Waals surface area contributed by atoms with Crippen LogP contribution in [-0.4, -0.2) is 29.7 Å². The summed E-state index contributed by atoms with van der Waals surface area (Å²) in [5, 5.41) is 9.49. The van der Waals surface area contributed by atoms with E-state index in [9.17, 15) is 9.90 Å². The normalized spacial score (nSPS) is 14.4. The van der Waals surface area contributed by atoms with Crippen LogP contribution in [0.3, 0.4) is 0 Å². The van der Waals surface area contributed by atoms with Gasteiger partial charge >= 0.3 is 0 Å². The number of hydrogen-bond acceptors (Lipinski definition) is 3. The average molecular weight is 236 g/mol. The molecule has 3 heteroatoms. The Hall–Kier alpha value is -1.19. The molecule has 0 bridgehead atoms. The van der Waals surface area contributed by atoms with Gasteiger partial charge in [0.05, 0.1) is 6.10 Å². The average Bonchev–Trinajstić information content (AvgIpc) is 2.28. The van der Waals surface area contributed by atoms with Crippen molar-refractivity contribution in [2.75, 3.05) is 6.61 Å². The summed E-state index contributed by atoms with van der Waals surface area (Å²) in [4.78, 5) is 11.9. The Morgan fingerprint density at radius 3 is 2.41 bits per heavy atom. The van der Waals surface area contributed by atoms with Gasteiger partial charge in [0.1, 0.15) is 6.10 Å². The fourth-order valence-corrected chi connectivity index (χ4v) is 1.69. The molecule has 0 aliphatic carbocycles. The lowest BCUT2D eigenvalue weighted by molar-refractivity contribution is -0.136. The zero-order valence-electron chi connectivity index (χ0n) is 10.6. The maximum absolute atomic E-state index is 11.9. The predicted molar refractivity (Wildman–Crippen MR) is 67.0 cm³/mol. The van der Waals surface area contributed by atoms with Crippen LogP contribution in [0.15, 0.2) is 24.3 Å². The third-order valence-corrected chi connectivity index (χ3v) is 2.60. The lowest BCUT2D eigenvalue weighted by atomic mass is 10.0. The van der Waals surface area contributed by atoms with E-state index in [-0.39, 0.29) is 5.78 Å². The molecule has 94 valence electrons. The Bertz CT molecular complexity index is 354. The Morgan fingerprint density at radius 2 is 1.94 bits per heavy atom. The van der Waals surface area contributed by atoms with Gasteiger partial charge in [0.2, 0.25) is 0 Å². The van der Waals surface area contributed by atoms with Crippen LogP contribution in [0, 0.1) is 6.92 Å². The molecule has 0 heterocycles. The van der Waals surface area contributed by atoms with Crippen molar-refractivity contribution in [3.05, 3.63) is 35.4 Å².